The average molecular weight is 418 g/mol. The van der Waals surface area contributed by atoms with Gasteiger partial charge in [0, 0.05) is 49.7 Å². The first-order valence-electron chi connectivity index (χ1n) is 10.8. The topological polar surface area (TPSA) is 82.7 Å². The van der Waals surface area contributed by atoms with Crippen LogP contribution in [0.1, 0.15) is 37.4 Å². The molecule has 160 valence electrons. The highest BCUT2D eigenvalue weighted by atomic mass is 16.5. The zero-order valence-electron chi connectivity index (χ0n) is 18.1. The van der Waals surface area contributed by atoms with Crippen LogP contribution >= 0.6 is 0 Å². The molecule has 8 heteroatoms. The van der Waals surface area contributed by atoms with E-state index in [0.717, 1.165) is 65.1 Å². The molecule has 4 heterocycles. The Hall–Kier alpha value is -3.42. The molecule has 1 fully saturated rings. The maximum absolute atomic E-state index is 6.25. The standard InChI is InChI=1S/C23H27N7O/c1-15-21(5-4-10-25-15)31-18-8-6-17(7-9-18)30-20-11-22(24-2)26-13-19(20)23(28-30)16-12-27-29(3)14-16/h4-5,10-14,17-18H,6-9H2,1-3H3,(H,24,26)/t17-,18+. The third-order valence-electron chi connectivity index (χ3n) is 6.07. The molecule has 4 aromatic heterocycles. The van der Waals surface area contributed by atoms with Crippen LogP contribution in [0.3, 0.4) is 0 Å². The van der Waals surface area contributed by atoms with E-state index in [4.69, 9.17) is 9.84 Å². The van der Waals surface area contributed by atoms with Crippen LogP contribution in [0.5, 0.6) is 5.75 Å². The zero-order chi connectivity index (χ0) is 21.4. The largest absolute Gasteiger partial charge is 0.489 e. The summed E-state index contributed by atoms with van der Waals surface area (Å²) in [6.07, 6.45) is 11.8. The van der Waals surface area contributed by atoms with Crippen molar-refractivity contribution in [2.24, 2.45) is 7.05 Å². The van der Waals surface area contributed by atoms with E-state index < -0.39 is 0 Å². The highest BCUT2D eigenvalue weighted by Crippen LogP contribution is 2.36. The number of ether oxygens (including phenoxy) is 1. The zero-order valence-corrected chi connectivity index (χ0v) is 18.1. The van der Waals surface area contributed by atoms with Crippen molar-refractivity contribution in [3.05, 3.63) is 48.7 Å². The van der Waals surface area contributed by atoms with Crippen LogP contribution in [0.25, 0.3) is 22.2 Å². The summed E-state index contributed by atoms with van der Waals surface area (Å²) in [5, 5.41) is 13.6. The Bertz CT molecular complexity index is 1200. The summed E-state index contributed by atoms with van der Waals surface area (Å²) in [7, 11) is 3.81. The summed E-state index contributed by atoms with van der Waals surface area (Å²) >= 11 is 0. The number of nitrogens with zero attached hydrogens (tertiary/aromatic N) is 6. The van der Waals surface area contributed by atoms with E-state index in [9.17, 15) is 0 Å². The van der Waals surface area contributed by atoms with Crippen molar-refractivity contribution in [3.63, 3.8) is 0 Å². The Labute approximate surface area is 181 Å². The Balaban J connectivity index is 1.42. The fourth-order valence-electron chi connectivity index (χ4n) is 4.39. The van der Waals surface area contributed by atoms with Gasteiger partial charge in [0.15, 0.2) is 0 Å². The molecule has 0 spiro atoms. The molecule has 0 atom stereocenters. The van der Waals surface area contributed by atoms with Gasteiger partial charge in [-0.15, -0.1) is 0 Å². The minimum atomic E-state index is 0.216. The van der Waals surface area contributed by atoms with Crippen LogP contribution in [0, 0.1) is 6.92 Å². The van der Waals surface area contributed by atoms with Crippen molar-refractivity contribution < 1.29 is 4.74 Å². The van der Waals surface area contributed by atoms with Gasteiger partial charge in [-0.05, 0) is 44.7 Å². The monoisotopic (exact) mass is 417 g/mol. The Kier molecular flexibility index (Phi) is 5.05. The van der Waals surface area contributed by atoms with Gasteiger partial charge in [0.1, 0.15) is 17.3 Å². The molecule has 5 rings (SSSR count). The quantitative estimate of drug-likeness (QED) is 0.525. The second-order valence-corrected chi connectivity index (χ2v) is 8.17. The van der Waals surface area contributed by atoms with Gasteiger partial charge in [0.25, 0.3) is 0 Å². The summed E-state index contributed by atoms with van der Waals surface area (Å²) < 4.78 is 10.2. The minimum absolute atomic E-state index is 0.216. The summed E-state index contributed by atoms with van der Waals surface area (Å²) in [6, 6.07) is 6.35. The average Bonchev–Trinajstić information content (AvgIpc) is 3.39. The maximum atomic E-state index is 6.25. The molecule has 1 N–H and O–H groups in total. The lowest BCUT2D eigenvalue weighted by Gasteiger charge is -2.29. The van der Waals surface area contributed by atoms with Crippen molar-refractivity contribution in [1.82, 2.24) is 29.5 Å². The van der Waals surface area contributed by atoms with Gasteiger partial charge in [-0.1, -0.05) is 0 Å². The number of aryl methyl sites for hydroxylation is 2. The van der Waals surface area contributed by atoms with E-state index in [1.807, 2.05) is 51.7 Å². The molecule has 8 nitrogen and oxygen atoms in total. The molecule has 1 aliphatic rings. The number of fused-ring (bicyclic) bond motifs is 1. The van der Waals surface area contributed by atoms with E-state index in [1.54, 1.807) is 10.9 Å². The minimum Gasteiger partial charge on any atom is -0.489 e. The van der Waals surface area contributed by atoms with Crippen LogP contribution in [-0.4, -0.2) is 42.7 Å². The summed E-state index contributed by atoms with van der Waals surface area (Å²) in [5.41, 5.74) is 3.98. The van der Waals surface area contributed by atoms with Gasteiger partial charge in [-0.2, -0.15) is 10.2 Å². The van der Waals surface area contributed by atoms with E-state index in [1.165, 1.54) is 0 Å². The first-order valence-corrected chi connectivity index (χ1v) is 10.8. The molecule has 1 saturated carbocycles. The summed E-state index contributed by atoms with van der Waals surface area (Å²) in [5.74, 6) is 1.73. The van der Waals surface area contributed by atoms with Crippen LogP contribution in [-0.2, 0) is 7.05 Å². The van der Waals surface area contributed by atoms with Gasteiger partial charge in [-0.3, -0.25) is 14.3 Å². The number of hydrogen-bond acceptors (Lipinski definition) is 6. The van der Waals surface area contributed by atoms with Gasteiger partial charge in [0.2, 0.25) is 0 Å². The van der Waals surface area contributed by atoms with Crippen molar-refractivity contribution in [2.75, 3.05) is 12.4 Å². The molecule has 1 aliphatic carbocycles. The lowest BCUT2D eigenvalue weighted by Crippen LogP contribution is -2.26. The highest BCUT2D eigenvalue weighted by molar-refractivity contribution is 5.93. The second-order valence-electron chi connectivity index (χ2n) is 8.17. The van der Waals surface area contributed by atoms with Gasteiger partial charge < -0.3 is 10.1 Å². The van der Waals surface area contributed by atoms with E-state index in [0.29, 0.717) is 6.04 Å². The van der Waals surface area contributed by atoms with Crippen LogP contribution < -0.4 is 10.1 Å². The van der Waals surface area contributed by atoms with Crippen LogP contribution in [0.4, 0.5) is 5.82 Å². The highest BCUT2D eigenvalue weighted by Gasteiger charge is 2.27. The SMILES string of the molecule is CNc1cc2c(cn1)c(-c1cnn(C)c1)nn2[C@H]1CC[C@@H](Oc2cccnc2C)CC1. The Morgan fingerprint density at radius 1 is 1.13 bits per heavy atom. The lowest BCUT2D eigenvalue weighted by molar-refractivity contribution is 0.129. The normalized spacial score (nSPS) is 18.9. The first kappa shape index (κ1) is 19.5. The molecular weight excluding hydrogens is 390 g/mol. The number of nitrogens with one attached hydrogen (secondary N) is 1. The lowest BCUT2D eigenvalue weighted by atomic mass is 9.93. The van der Waals surface area contributed by atoms with Crippen LogP contribution in [0.2, 0.25) is 0 Å². The van der Waals surface area contributed by atoms with Gasteiger partial charge in [0.05, 0.1) is 29.6 Å². The number of hydrogen-bond donors (Lipinski definition) is 1. The van der Waals surface area contributed by atoms with Gasteiger partial charge >= 0.3 is 0 Å². The molecule has 0 unspecified atom stereocenters. The van der Waals surface area contributed by atoms with E-state index in [-0.39, 0.29) is 6.10 Å². The Morgan fingerprint density at radius 3 is 2.68 bits per heavy atom. The molecule has 31 heavy (non-hydrogen) atoms. The maximum Gasteiger partial charge on any atom is 0.140 e. The third-order valence-corrected chi connectivity index (χ3v) is 6.07. The predicted octanol–water partition coefficient (Wildman–Crippen LogP) is 4.14. The second kappa shape index (κ2) is 8.02. The third kappa shape index (κ3) is 3.73. The fraction of sp³-hybridized carbons (Fsp3) is 0.391. The summed E-state index contributed by atoms with van der Waals surface area (Å²) in [6.45, 7) is 1.99. The molecule has 4 aromatic rings. The smallest absolute Gasteiger partial charge is 0.140 e. The number of pyridine rings is 2. The van der Waals surface area contributed by atoms with Crippen LogP contribution in [0.15, 0.2) is 43.0 Å². The van der Waals surface area contributed by atoms with E-state index >= 15 is 0 Å². The molecule has 0 amide bonds. The predicted molar refractivity (Wildman–Crippen MR) is 120 cm³/mol. The molecule has 0 aliphatic heterocycles. The van der Waals surface area contributed by atoms with Crippen molar-refractivity contribution in [2.45, 2.75) is 44.8 Å². The molecule has 0 bridgehead atoms. The van der Waals surface area contributed by atoms with Crippen molar-refractivity contribution in [1.29, 1.82) is 0 Å². The number of rotatable bonds is 5. The molecule has 0 saturated heterocycles. The number of aromatic nitrogens is 6. The molecule has 0 radical (unpaired) electrons. The molecule has 0 aromatic carbocycles. The fourth-order valence-corrected chi connectivity index (χ4v) is 4.39. The van der Waals surface area contributed by atoms with E-state index in [2.05, 4.69) is 31.1 Å². The van der Waals surface area contributed by atoms with Crippen molar-refractivity contribution in [3.8, 4) is 17.0 Å². The molecular formula is C23H27N7O. The van der Waals surface area contributed by atoms with Crippen molar-refractivity contribution >= 4 is 16.7 Å². The summed E-state index contributed by atoms with van der Waals surface area (Å²) in [4.78, 5) is 8.86. The first-order chi connectivity index (χ1) is 15.1. The van der Waals surface area contributed by atoms with Gasteiger partial charge in [-0.25, -0.2) is 4.98 Å². The number of anilines is 1. The Morgan fingerprint density at radius 2 is 1.97 bits per heavy atom.